The summed E-state index contributed by atoms with van der Waals surface area (Å²) in [5.74, 6) is 2.86. The molecule has 0 bridgehead atoms. The van der Waals surface area contributed by atoms with Crippen molar-refractivity contribution in [2.24, 2.45) is 0 Å². The van der Waals surface area contributed by atoms with E-state index >= 15 is 0 Å². The fraction of sp³-hybridized carbons (Fsp3) is 0. The van der Waals surface area contributed by atoms with Gasteiger partial charge in [0, 0.05) is 11.4 Å². The maximum Gasteiger partial charge on any atom is 0.231 e. The number of benzene rings is 5. The third kappa shape index (κ3) is 4.43. The molecule has 0 atom stereocenters. The predicted octanol–water partition coefficient (Wildman–Crippen LogP) is 8.05. The lowest BCUT2D eigenvalue weighted by atomic mass is 10.1. The third-order valence-electron chi connectivity index (χ3n) is 6.35. The van der Waals surface area contributed by atoms with Gasteiger partial charge < -0.3 is 29.8 Å². The summed E-state index contributed by atoms with van der Waals surface area (Å²) in [6.45, 7) is 0. The summed E-state index contributed by atoms with van der Waals surface area (Å²) in [5.41, 5.74) is 17.0. The quantitative estimate of drug-likeness (QED) is 0.209. The zero-order valence-corrected chi connectivity index (χ0v) is 21.1. The number of hydrogen-bond donors (Lipinski definition) is 2. The average Bonchev–Trinajstić information content (AvgIpc) is 3.60. The number of oxazole rings is 2. The number of fused-ring (bicyclic) bond motifs is 2. The molecule has 2 aromatic heterocycles. The summed E-state index contributed by atoms with van der Waals surface area (Å²) in [6.07, 6.45) is 0. The molecule has 0 aliphatic carbocycles. The summed E-state index contributed by atoms with van der Waals surface area (Å²) >= 11 is 0. The summed E-state index contributed by atoms with van der Waals surface area (Å²) in [7, 11) is 0. The second-order valence-electron chi connectivity index (χ2n) is 9.16. The highest BCUT2D eigenvalue weighted by atomic mass is 16.5. The van der Waals surface area contributed by atoms with Crippen molar-refractivity contribution in [3.8, 4) is 45.9 Å². The second-order valence-corrected chi connectivity index (χ2v) is 9.16. The number of aromatic nitrogens is 2. The second kappa shape index (κ2) is 9.52. The van der Waals surface area contributed by atoms with Crippen LogP contribution < -0.4 is 20.9 Å². The predicted molar refractivity (Wildman–Crippen MR) is 154 cm³/mol. The van der Waals surface area contributed by atoms with Crippen molar-refractivity contribution in [2.75, 3.05) is 11.5 Å². The number of anilines is 2. The smallest absolute Gasteiger partial charge is 0.231 e. The molecule has 4 N–H and O–H groups in total. The Morgan fingerprint density at radius 2 is 0.900 bits per heavy atom. The Morgan fingerprint density at radius 1 is 0.500 bits per heavy atom. The van der Waals surface area contributed by atoms with Gasteiger partial charge in [0.15, 0.2) is 11.2 Å². The highest BCUT2D eigenvalue weighted by molar-refractivity contribution is 5.83. The van der Waals surface area contributed by atoms with E-state index in [1.54, 1.807) is 48.5 Å². The minimum absolute atomic E-state index is 0.373. The van der Waals surface area contributed by atoms with Crippen LogP contribution in [0.5, 0.6) is 23.0 Å². The molecule has 0 amide bonds. The van der Waals surface area contributed by atoms with Crippen LogP contribution in [-0.4, -0.2) is 9.97 Å². The topological polar surface area (TPSA) is 123 Å². The zero-order valence-electron chi connectivity index (χ0n) is 21.1. The third-order valence-corrected chi connectivity index (χ3v) is 6.35. The molecule has 0 fully saturated rings. The lowest BCUT2D eigenvalue weighted by Crippen LogP contribution is -1.95. The van der Waals surface area contributed by atoms with Crippen molar-refractivity contribution in [2.45, 2.75) is 0 Å². The first-order chi connectivity index (χ1) is 19.6. The highest BCUT2D eigenvalue weighted by Gasteiger charge is 2.23. The first-order valence-corrected chi connectivity index (χ1v) is 12.6. The molecule has 0 saturated carbocycles. The number of ether oxygens (including phenoxy) is 2. The Bertz CT molecular complexity index is 1760. The van der Waals surface area contributed by atoms with Gasteiger partial charge in [0.2, 0.25) is 11.8 Å². The van der Waals surface area contributed by atoms with Gasteiger partial charge in [-0.3, -0.25) is 0 Å². The molecule has 0 radical (unpaired) electrons. The largest absolute Gasteiger partial charge is 0.457 e. The monoisotopic (exact) mass is 526 g/mol. The maximum absolute atomic E-state index is 6.38. The molecule has 7 aromatic rings. The molecule has 0 saturated heterocycles. The van der Waals surface area contributed by atoms with Gasteiger partial charge in [0.1, 0.15) is 34.0 Å². The van der Waals surface area contributed by atoms with E-state index in [-0.39, 0.29) is 0 Å². The highest BCUT2D eigenvalue weighted by Crippen LogP contribution is 2.44. The normalized spacial score (nSPS) is 11.2. The molecule has 8 heteroatoms. The van der Waals surface area contributed by atoms with E-state index in [4.69, 9.17) is 39.7 Å². The summed E-state index contributed by atoms with van der Waals surface area (Å²) < 4.78 is 25.0. The Hall–Kier alpha value is -5.76. The summed E-state index contributed by atoms with van der Waals surface area (Å²) in [4.78, 5) is 9.44. The number of nitrogens with zero attached hydrogens (tertiary/aromatic N) is 2. The zero-order chi connectivity index (χ0) is 27.1. The fourth-order valence-corrected chi connectivity index (χ4v) is 4.36. The summed E-state index contributed by atoms with van der Waals surface area (Å²) in [5, 5.41) is 0. The molecule has 2 heterocycles. The van der Waals surface area contributed by atoms with E-state index in [0.717, 1.165) is 11.0 Å². The summed E-state index contributed by atoms with van der Waals surface area (Å²) in [6, 6.07) is 33.0. The van der Waals surface area contributed by atoms with Crippen molar-refractivity contribution in [1.29, 1.82) is 0 Å². The van der Waals surface area contributed by atoms with Crippen LogP contribution in [0, 0.1) is 0 Å². The van der Waals surface area contributed by atoms with Gasteiger partial charge in [-0.15, -0.1) is 0 Å². The van der Waals surface area contributed by atoms with Gasteiger partial charge in [0.25, 0.3) is 0 Å². The standard InChI is InChI=1S/C32H22N4O4/c33-19-9-13-21(14-10-19)37-29-18-24(32-36-26-6-2-4-8-28(26)40-32)30(38-22-15-11-20(34)12-16-22)17-23(29)31-35-25-5-1-3-7-27(25)39-31/h1-18H,33-34H2. The molecule has 194 valence electrons. The van der Waals surface area contributed by atoms with Crippen LogP contribution in [-0.2, 0) is 0 Å². The van der Waals surface area contributed by atoms with E-state index < -0.39 is 0 Å². The SMILES string of the molecule is Nc1ccc(Oc2cc(-c3nc4ccccc4o3)c(Oc3ccc(N)cc3)cc2-c2nc3ccccc3o2)cc1. The average molecular weight is 527 g/mol. The van der Waals surface area contributed by atoms with Crippen LogP contribution in [0.1, 0.15) is 0 Å². The Labute approximate surface area is 228 Å². The van der Waals surface area contributed by atoms with Crippen molar-refractivity contribution >= 4 is 33.6 Å². The number of hydrogen-bond acceptors (Lipinski definition) is 8. The number of nitrogens with two attached hydrogens (primary N) is 2. The van der Waals surface area contributed by atoms with Gasteiger partial charge in [-0.1, -0.05) is 24.3 Å². The lowest BCUT2D eigenvalue weighted by Gasteiger charge is -2.15. The molecule has 0 unspecified atom stereocenters. The first-order valence-electron chi connectivity index (χ1n) is 12.6. The molecule has 40 heavy (non-hydrogen) atoms. The van der Waals surface area contributed by atoms with Gasteiger partial charge in [-0.2, -0.15) is 0 Å². The van der Waals surface area contributed by atoms with Crippen LogP contribution in [0.15, 0.2) is 118 Å². The van der Waals surface area contributed by atoms with E-state index in [0.29, 0.717) is 68.4 Å². The molecule has 8 nitrogen and oxygen atoms in total. The van der Waals surface area contributed by atoms with E-state index in [2.05, 4.69) is 0 Å². The van der Waals surface area contributed by atoms with Crippen molar-refractivity contribution < 1.29 is 18.3 Å². The van der Waals surface area contributed by atoms with Crippen molar-refractivity contribution in [3.05, 3.63) is 109 Å². The van der Waals surface area contributed by atoms with Crippen LogP contribution in [0.2, 0.25) is 0 Å². The molecule has 0 aliphatic rings. The number of nitrogen functional groups attached to an aromatic ring is 2. The number of para-hydroxylation sites is 4. The Kier molecular flexibility index (Phi) is 5.56. The first kappa shape index (κ1) is 23.4. The van der Waals surface area contributed by atoms with E-state index in [1.165, 1.54) is 0 Å². The Morgan fingerprint density at radius 3 is 1.30 bits per heavy atom. The van der Waals surface area contributed by atoms with Crippen LogP contribution in [0.4, 0.5) is 11.4 Å². The minimum atomic E-state index is 0.373. The van der Waals surface area contributed by atoms with Gasteiger partial charge >= 0.3 is 0 Å². The molecule has 7 rings (SSSR count). The minimum Gasteiger partial charge on any atom is -0.457 e. The van der Waals surface area contributed by atoms with Gasteiger partial charge in [0.05, 0.1) is 11.1 Å². The van der Waals surface area contributed by atoms with E-state index in [9.17, 15) is 0 Å². The van der Waals surface area contributed by atoms with Crippen molar-refractivity contribution in [3.63, 3.8) is 0 Å². The molecular formula is C32H22N4O4. The van der Waals surface area contributed by atoms with Crippen LogP contribution >= 0.6 is 0 Å². The molecule has 5 aromatic carbocycles. The van der Waals surface area contributed by atoms with Gasteiger partial charge in [-0.05, 0) is 84.9 Å². The molecule has 0 aliphatic heterocycles. The van der Waals surface area contributed by atoms with Gasteiger partial charge in [-0.25, -0.2) is 9.97 Å². The van der Waals surface area contributed by atoms with E-state index in [1.807, 2.05) is 60.7 Å². The molecular weight excluding hydrogens is 504 g/mol. The molecule has 0 spiro atoms. The Balaban J connectivity index is 1.45. The van der Waals surface area contributed by atoms with Crippen LogP contribution in [0.25, 0.3) is 45.1 Å². The maximum atomic E-state index is 6.38. The van der Waals surface area contributed by atoms with Crippen molar-refractivity contribution in [1.82, 2.24) is 9.97 Å². The lowest BCUT2D eigenvalue weighted by molar-refractivity contribution is 0.467. The fourth-order valence-electron chi connectivity index (χ4n) is 4.36. The van der Waals surface area contributed by atoms with Crippen LogP contribution in [0.3, 0.4) is 0 Å². The number of rotatable bonds is 6.